The summed E-state index contributed by atoms with van der Waals surface area (Å²) in [5.41, 5.74) is 0. The van der Waals surface area contributed by atoms with E-state index in [1.54, 1.807) is 0 Å². The predicted octanol–water partition coefficient (Wildman–Crippen LogP) is 1.94. The molecule has 7 heteroatoms. The highest BCUT2D eigenvalue weighted by Crippen LogP contribution is 2.24. The van der Waals surface area contributed by atoms with Crippen molar-refractivity contribution < 1.29 is 26.7 Å². The van der Waals surface area contributed by atoms with E-state index in [1.807, 2.05) is 20.8 Å². The van der Waals surface area contributed by atoms with Crippen molar-refractivity contribution >= 4 is 17.6 Å². The molecule has 0 aromatic rings. The molecule has 0 spiro atoms. The summed E-state index contributed by atoms with van der Waals surface area (Å²) in [7, 11) is 0. The van der Waals surface area contributed by atoms with Gasteiger partial charge in [0.1, 0.15) is 12.4 Å². The zero-order valence-electron chi connectivity index (χ0n) is 16.3. The minimum Gasteiger partial charge on any atom is -0.379 e. The maximum Gasteiger partial charge on any atom is 0.246 e. The van der Waals surface area contributed by atoms with Gasteiger partial charge in [-0.1, -0.05) is 13.8 Å². The van der Waals surface area contributed by atoms with Crippen molar-refractivity contribution in [3.63, 3.8) is 0 Å². The second-order valence-electron chi connectivity index (χ2n) is 7.03. The number of ether oxygens (including phenoxy) is 2. The quantitative estimate of drug-likeness (QED) is 0.509. The average Bonchev–Trinajstić information content (AvgIpc) is 2.62. The Bertz CT molecular complexity index is 456. The Hall–Kier alpha value is -1.47. The molecule has 1 aliphatic rings. The fourth-order valence-electron chi connectivity index (χ4n) is 2.92. The van der Waals surface area contributed by atoms with Crippen LogP contribution < -0.4 is 10.6 Å². The van der Waals surface area contributed by atoms with Gasteiger partial charge in [0, 0.05) is 40.3 Å². The summed E-state index contributed by atoms with van der Waals surface area (Å²) in [4.78, 5) is 35.3. The molecule has 0 aromatic heterocycles. The third-order valence-corrected chi connectivity index (χ3v) is 4.58. The molecule has 2 N–H and O–H groups in total. The van der Waals surface area contributed by atoms with Gasteiger partial charge in [0.25, 0.3) is 0 Å². The molecule has 0 aliphatic heterocycles. The van der Waals surface area contributed by atoms with Gasteiger partial charge in [-0.25, -0.2) is 0 Å². The Morgan fingerprint density at radius 2 is 1.77 bits per heavy atom. The van der Waals surface area contributed by atoms with Crippen LogP contribution in [0.15, 0.2) is 0 Å². The first-order valence-electron chi connectivity index (χ1n) is 9.69. The second-order valence-corrected chi connectivity index (χ2v) is 7.03. The number of amides is 2. The Morgan fingerprint density at radius 3 is 2.38 bits per heavy atom. The van der Waals surface area contributed by atoms with E-state index in [2.05, 4.69) is 10.6 Å². The molecule has 1 fully saturated rings. The lowest BCUT2D eigenvalue weighted by Crippen LogP contribution is -2.42. The van der Waals surface area contributed by atoms with Crippen molar-refractivity contribution in [2.24, 2.45) is 11.8 Å². The van der Waals surface area contributed by atoms with E-state index in [9.17, 15) is 14.4 Å². The van der Waals surface area contributed by atoms with E-state index in [-0.39, 0.29) is 44.9 Å². The molecule has 7 nitrogen and oxygen atoms in total. The third-order valence-electron chi connectivity index (χ3n) is 4.58. The second kappa shape index (κ2) is 12.8. The Labute approximate surface area is 159 Å². The van der Waals surface area contributed by atoms with Crippen LogP contribution in [0, 0.1) is 11.8 Å². The number of carbonyl (C=O) groups is 3. The van der Waals surface area contributed by atoms with Crippen molar-refractivity contribution in [3.8, 4) is 0 Å². The monoisotopic (exact) mass is 374 g/mol. The minimum absolute atomic E-state index is 0. The molecule has 0 bridgehead atoms. The lowest BCUT2D eigenvalue weighted by atomic mass is 9.85. The molecular weight excluding hydrogens is 336 g/mol. The molecule has 0 heterocycles. The van der Waals surface area contributed by atoms with Gasteiger partial charge in [0.05, 0.1) is 13.2 Å². The number of hydrogen-bond donors (Lipinski definition) is 2. The van der Waals surface area contributed by atoms with Crippen molar-refractivity contribution in [1.29, 1.82) is 0 Å². The van der Waals surface area contributed by atoms with Gasteiger partial charge in [-0.3, -0.25) is 14.4 Å². The summed E-state index contributed by atoms with van der Waals surface area (Å²) in [6.07, 6.45) is 3.59. The van der Waals surface area contributed by atoms with Crippen LogP contribution in [0.4, 0.5) is 0 Å². The van der Waals surface area contributed by atoms with E-state index in [4.69, 9.17) is 9.47 Å². The van der Waals surface area contributed by atoms with E-state index in [0.29, 0.717) is 32.8 Å². The number of hydrogen-bond acceptors (Lipinski definition) is 5. The third kappa shape index (κ3) is 9.29. The van der Waals surface area contributed by atoms with Crippen LogP contribution in [0.3, 0.4) is 0 Å². The van der Waals surface area contributed by atoms with Gasteiger partial charge >= 0.3 is 0 Å². The van der Waals surface area contributed by atoms with E-state index in [1.165, 1.54) is 0 Å². The first kappa shape index (κ1) is 22.6. The molecule has 1 saturated carbocycles. The summed E-state index contributed by atoms with van der Waals surface area (Å²) in [5, 5.41) is 5.84. The fourth-order valence-corrected chi connectivity index (χ4v) is 2.92. The first-order valence-corrected chi connectivity index (χ1v) is 9.69. The molecule has 2 amide bonds. The highest BCUT2D eigenvalue weighted by Gasteiger charge is 2.26. The maximum atomic E-state index is 12.2. The van der Waals surface area contributed by atoms with Gasteiger partial charge in [-0.05, 0) is 32.6 Å². The summed E-state index contributed by atoms with van der Waals surface area (Å²) < 4.78 is 10.5. The standard InChI is InChI=1S/C19H34N2O5.2H2/c1-4-25-13-18(23)21-16-7-5-15(6-8-16)19(24)20-10-12-26-11-9-17(22)14(2)3;;/h14-16H,4-13H2,1-3H3,(H,20,24)(H,21,23);2*1H. The normalized spacial score (nSPS) is 20.0. The summed E-state index contributed by atoms with van der Waals surface area (Å²) in [6, 6.07) is 0.133. The van der Waals surface area contributed by atoms with Gasteiger partial charge in [0.2, 0.25) is 11.8 Å². The van der Waals surface area contributed by atoms with E-state index < -0.39 is 0 Å². The highest BCUT2D eigenvalue weighted by molar-refractivity contribution is 5.80. The van der Waals surface area contributed by atoms with Crippen molar-refractivity contribution in [3.05, 3.63) is 0 Å². The Balaban J connectivity index is 0. The van der Waals surface area contributed by atoms with Crippen LogP contribution in [0.5, 0.6) is 0 Å². The lowest BCUT2D eigenvalue weighted by molar-refractivity contribution is -0.127. The van der Waals surface area contributed by atoms with Crippen LogP contribution in [0.2, 0.25) is 0 Å². The molecule has 0 saturated heterocycles. The van der Waals surface area contributed by atoms with Gasteiger partial charge in [-0.15, -0.1) is 0 Å². The first-order chi connectivity index (χ1) is 12.4. The van der Waals surface area contributed by atoms with Gasteiger partial charge in [-0.2, -0.15) is 0 Å². The minimum atomic E-state index is -0.0900. The van der Waals surface area contributed by atoms with E-state index in [0.717, 1.165) is 25.7 Å². The molecule has 1 rings (SSSR count). The van der Waals surface area contributed by atoms with Crippen LogP contribution in [-0.4, -0.2) is 56.6 Å². The molecule has 0 aromatic carbocycles. The zero-order chi connectivity index (χ0) is 19.4. The van der Waals surface area contributed by atoms with Crippen molar-refractivity contribution in [1.82, 2.24) is 10.6 Å². The maximum absolute atomic E-state index is 12.2. The largest absolute Gasteiger partial charge is 0.379 e. The molecule has 0 atom stereocenters. The average molecular weight is 375 g/mol. The predicted molar refractivity (Wildman–Crippen MR) is 103 cm³/mol. The van der Waals surface area contributed by atoms with Crippen LogP contribution in [0.25, 0.3) is 0 Å². The fraction of sp³-hybridized carbons (Fsp3) is 0.842. The Kier molecular flexibility index (Phi) is 11.1. The number of carbonyl (C=O) groups excluding carboxylic acids is 3. The van der Waals surface area contributed by atoms with Crippen molar-refractivity contribution in [2.45, 2.75) is 58.9 Å². The SMILES string of the molecule is CCOCC(=O)NC1CCC(C(=O)NCCOCCC(=O)C(C)C)CC1.[HH].[HH]. The number of rotatable bonds is 12. The van der Waals surface area contributed by atoms with Crippen LogP contribution in [-0.2, 0) is 23.9 Å². The lowest BCUT2D eigenvalue weighted by Gasteiger charge is -2.28. The summed E-state index contributed by atoms with van der Waals surface area (Å²) in [6.45, 7) is 7.51. The van der Waals surface area contributed by atoms with Gasteiger partial charge < -0.3 is 20.1 Å². The van der Waals surface area contributed by atoms with E-state index >= 15 is 0 Å². The number of Topliss-reactive ketones (excluding diaryl/α,β-unsaturated/α-hetero) is 1. The topological polar surface area (TPSA) is 93.7 Å². The summed E-state index contributed by atoms with van der Waals surface area (Å²) >= 11 is 0. The molecule has 1 aliphatic carbocycles. The highest BCUT2D eigenvalue weighted by atomic mass is 16.5. The number of nitrogens with one attached hydrogen (secondary N) is 2. The summed E-state index contributed by atoms with van der Waals surface area (Å²) in [5.74, 6) is 0.188. The van der Waals surface area contributed by atoms with Crippen LogP contribution >= 0.6 is 0 Å². The molecule has 26 heavy (non-hydrogen) atoms. The zero-order valence-corrected chi connectivity index (χ0v) is 16.3. The number of ketones is 1. The molecule has 154 valence electrons. The molecule has 0 unspecified atom stereocenters. The van der Waals surface area contributed by atoms with Crippen molar-refractivity contribution in [2.75, 3.05) is 33.0 Å². The smallest absolute Gasteiger partial charge is 0.246 e. The van der Waals surface area contributed by atoms with Crippen LogP contribution in [0.1, 0.15) is 55.7 Å². The molecular formula is C19H38N2O5. The molecule has 0 radical (unpaired) electrons. The Morgan fingerprint density at radius 1 is 1.08 bits per heavy atom. The van der Waals surface area contributed by atoms with Gasteiger partial charge in [0.15, 0.2) is 0 Å².